The highest BCUT2D eigenvalue weighted by Crippen LogP contribution is 2.09. The lowest BCUT2D eigenvalue weighted by Crippen LogP contribution is -1.94. The fourth-order valence-electron chi connectivity index (χ4n) is 1.02. The number of hydrogen-bond acceptors (Lipinski definition) is 3. The molecule has 4 nitrogen and oxygen atoms in total. The molecule has 1 heterocycles. The van der Waals surface area contributed by atoms with Gasteiger partial charge in [0.2, 0.25) is 5.88 Å². The monoisotopic (exact) mass is 184 g/mol. The molecule has 0 saturated carbocycles. The summed E-state index contributed by atoms with van der Waals surface area (Å²) in [6, 6.07) is 1.88. The van der Waals surface area contributed by atoms with Gasteiger partial charge in [-0.25, -0.2) is 0 Å². The lowest BCUT2D eigenvalue weighted by molar-refractivity contribution is 0.288. The summed E-state index contributed by atoms with van der Waals surface area (Å²) in [5.41, 5.74) is 1.01. The van der Waals surface area contributed by atoms with Crippen LogP contribution in [0.3, 0.4) is 0 Å². The van der Waals surface area contributed by atoms with Crippen molar-refractivity contribution in [2.75, 3.05) is 13.2 Å². The average Bonchev–Trinajstić information content (AvgIpc) is 2.59. The van der Waals surface area contributed by atoms with Crippen molar-refractivity contribution in [3.63, 3.8) is 0 Å². The van der Waals surface area contributed by atoms with E-state index in [4.69, 9.17) is 9.84 Å². The topological polar surface area (TPSA) is 58.1 Å². The minimum atomic E-state index is 0.212. The van der Waals surface area contributed by atoms with Gasteiger partial charge in [0.25, 0.3) is 0 Å². The molecule has 0 saturated heterocycles. The predicted molar refractivity (Wildman–Crippen MR) is 49.8 cm³/mol. The van der Waals surface area contributed by atoms with Crippen LogP contribution in [0.4, 0.5) is 0 Å². The average molecular weight is 184 g/mol. The molecule has 0 aromatic carbocycles. The van der Waals surface area contributed by atoms with Crippen molar-refractivity contribution >= 4 is 0 Å². The molecule has 0 aliphatic carbocycles. The third-order valence-electron chi connectivity index (χ3n) is 1.67. The minimum absolute atomic E-state index is 0.212. The molecule has 0 atom stereocenters. The lowest BCUT2D eigenvalue weighted by Gasteiger charge is -1.96. The SMILES string of the molecule is CCCOc1cc(CCCO)[nH]n1. The van der Waals surface area contributed by atoms with Gasteiger partial charge in [-0.1, -0.05) is 6.92 Å². The van der Waals surface area contributed by atoms with E-state index in [1.807, 2.05) is 6.07 Å². The van der Waals surface area contributed by atoms with E-state index in [1.54, 1.807) is 0 Å². The fourth-order valence-corrected chi connectivity index (χ4v) is 1.02. The maximum atomic E-state index is 8.61. The maximum Gasteiger partial charge on any atom is 0.232 e. The first-order valence-corrected chi connectivity index (χ1v) is 4.64. The molecule has 1 aromatic rings. The Morgan fingerprint density at radius 2 is 2.46 bits per heavy atom. The van der Waals surface area contributed by atoms with Crippen LogP contribution < -0.4 is 4.74 Å². The van der Waals surface area contributed by atoms with Crippen LogP contribution in [0.15, 0.2) is 6.07 Å². The molecule has 1 aromatic heterocycles. The summed E-state index contributed by atoms with van der Waals surface area (Å²) in [4.78, 5) is 0. The van der Waals surface area contributed by atoms with Gasteiger partial charge < -0.3 is 9.84 Å². The highest BCUT2D eigenvalue weighted by Gasteiger charge is 2.00. The number of aromatic nitrogens is 2. The van der Waals surface area contributed by atoms with Crippen LogP contribution in [0.5, 0.6) is 5.88 Å². The summed E-state index contributed by atoms with van der Waals surface area (Å²) in [5.74, 6) is 0.648. The highest BCUT2D eigenvalue weighted by atomic mass is 16.5. The highest BCUT2D eigenvalue weighted by molar-refractivity contribution is 5.13. The molecule has 13 heavy (non-hydrogen) atoms. The molecule has 4 heteroatoms. The second kappa shape index (κ2) is 5.59. The molecule has 0 fully saturated rings. The van der Waals surface area contributed by atoms with Crippen LogP contribution in [0.1, 0.15) is 25.5 Å². The van der Waals surface area contributed by atoms with Gasteiger partial charge in [0, 0.05) is 18.4 Å². The number of nitrogens with one attached hydrogen (secondary N) is 1. The van der Waals surface area contributed by atoms with E-state index in [1.165, 1.54) is 0 Å². The van der Waals surface area contributed by atoms with Crippen LogP contribution in [-0.4, -0.2) is 28.5 Å². The Balaban J connectivity index is 2.34. The first-order valence-electron chi connectivity index (χ1n) is 4.64. The molecule has 0 radical (unpaired) electrons. The van der Waals surface area contributed by atoms with Crippen LogP contribution >= 0.6 is 0 Å². The van der Waals surface area contributed by atoms with Gasteiger partial charge in [-0.05, 0) is 19.3 Å². The Bertz CT molecular complexity index is 213. The zero-order valence-corrected chi connectivity index (χ0v) is 7.92. The normalized spacial score (nSPS) is 10.3. The van der Waals surface area contributed by atoms with Gasteiger partial charge in [0.15, 0.2) is 0 Å². The standard InChI is InChI=1S/C9H16N2O2/c1-2-6-13-9-7-8(10-11-9)4-3-5-12/h7,12H,2-6H2,1H3,(H,10,11). The van der Waals surface area contributed by atoms with Crippen molar-refractivity contribution in [1.29, 1.82) is 0 Å². The Morgan fingerprint density at radius 3 is 3.15 bits per heavy atom. The van der Waals surface area contributed by atoms with Gasteiger partial charge in [-0.15, -0.1) is 5.10 Å². The smallest absolute Gasteiger partial charge is 0.232 e. The summed E-state index contributed by atoms with van der Waals surface area (Å²) in [5, 5.41) is 15.5. The Hall–Kier alpha value is -1.03. The van der Waals surface area contributed by atoms with Crippen molar-refractivity contribution < 1.29 is 9.84 Å². The zero-order chi connectivity index (χ0) is 9.52. The number of nitrogens with zero attached hydrogens (tertiary/aromatic N) is 1. The zero-order valence-electron chi connectivity index (χ0n) is 7.92. The first kappa shape index (κ1) is 10.1. The van der Waals surface area contributed by atoms with Crippen molar-refractivity contribution in [2.45, 2.75) is 26.2 Å². The lowest BCUT2D eigenvalue weighted by atomic mass is 10.2. The summed E-state index contributed by atoms with van der Waals surface area (Å²) >= 11 is 0. The fraction of sp³-hybridized carbons (Fsp3) is 0.667. The van der Waals surface area contributed by atoms with Crippen molar-refractivity contribution in [2.24, 2.45) is 0 Å². The van der Waals surface area contributed by atoms with E-state index >= 15 is 0 Å². The van der Waals surface area contributed by atoms with Crippen molar-refractivity contribution in [3.8, 4) is 5.88 Å². The van der Waals surface area contributed by atoms with Gasteiger partial charge in [0.1, 0.15) is 0 Å². The van der Waals surface area contributed by atoms with Gasteiger partial charge in [0.05, 0.1) is 6.61 Å². The quantitative estimate of drug-likeness (QED) is 0.696. The Morgan fingerprint density at radius 1 is 1.62 bits per heavy atom. The summed E-state index contributed by atoms with van der Waals surface area (Å²) in [6.07, 6.45) is 2.56. The van der Waals surface area contributed by atoms with Crippen molar-refractivity contribution in [1.82, 2.24) is 10.2 Å². The first-order chi connectivity index (χ1) is 6.36. The Kier molecular flexibility index (Phi) is 4.32. The molecule has 0 aliphatic rings. The van der Waals surface area contributed by atoms with E-state index < -0.39 is 0 Å². The number of rotatable bonds is 6. The molecule has 74 valence electrons. The molecule has 0 unspecified atom stereocenters. The molecule has 1 rings (SSSR count). The van der Waals surface area contributed by atoms with E-state index in [2.05, 4.69) is 17.1 Å². The molecule has 0 spiro atoms. The molecular weight excluding hydrogens is 168 g/mol. The van der Waals surface area contributed by atoms with E-state index in [0.29, 0.717) is 12.5 Å². The second-order valence-electron chi connectivity index (χ2n) is 2.91. The number of hydrogen-bond donors (Lipinski definition) is 2. The Labute approximate surface area is 77.9 Å². The number of H-pyrrole nitrogens is 1. The van der Waals surface area contributed by atoms with E-state index in [-0.39, 0.29) is 6.61 Å². The van der Waals surface area contributed by atoms with Gasteiger partial charge in [-0.3, -0.25) is 5.10 Å². The largest absolute Gasteiger partial charge is 0.477 e. The van der Waals surface area contributed by atoms with Crippen LogP contribution in [0, 0.1) is 0 Å². The summed E-state index contributed by atoms with van der Waals surface area (Å²) in [6.45, 7) is 2.97. The van der Waals surface area contributed by atoms with E-state index in [0.717, 1.165) is 25.0 Å². The maximum absolute atomic E-state index is 8.61. The number of ether oxygens (including phenoxy) is 1. The molecule has 0 aliphatic heterocycles. The van der Waals surface area contributed by atoms with Crippen LogP contribution in [-0.2, 0) is 6.42 Å². The number of aliphatic hydroxyl groups excluding tert-OH is 1. The van der Waals surface area contributed by atoms with E-state index in [9.17, 15) is 0 Å². The molecule has 0 bridgehead atoms. The van der Waals surface area contributed by atoms with Crippen LogP contribution in [0.2, 0.25) is 0 Å². The minimum Gasteiger partial charge on any atom is -0.477 e. The van der Waals surface area contributed by atoms with Gasteiger partial charge >= 0.3 is 0 Å². The second-order valence-corrected chi connectivity index (χ2v) is 2.91. The van der Waals surface area contributed by atoms with Crippen molar-refractivity contribution in [3.05, 3.63) is 11.8 Å². The number of aliphatic hydroxyl groups is 1. The number of aryl methyl sites for hydroxylation is 1. The summed E-state index contributed by atoms with van der Waals surface area (Å²) < 4.78 is 5.31. The third-order valence-corrected chi connectivity index (χ3v) is 1.67. The van der Waals surface area contributed by atoms with Gasteiger partial charge in [-0.2, -0.15) is 0 Å². The summed E-state index contributed by atoms with van der Waals surface area (Å²) in [7, 11) is 0. The molecule has 0 amide bonds. The van der Waals surface area contributed by atoms with Crippen LogP contribution in [0.25, 0.3) is 0 Å². The number of aromatic amines is 1. The third kappa shape index (κ3) is 3.46. The molecular formula is C9H16N2O2. The molecule has 2 N–H and O–H groups in total. The predicted octanol–water partition coefficient (Wildman–Crippen LogP) is 1.12.